The molecule has 1 aromatic carbocycles. The molecule has 0 spiro atoms. The van der Waals surface area contributed by atoms with Crippen molar-refractivity contribution in [3.05, 3.63) is 45.9 Å². The molecule has 0 radical (unpaired) electrons. The number of imidazole rings is 1. The Bertz CT molecular complexity index is 777. The standard InChI is InChI=1S/C14H13ClF3N3O5/c1-13(22,7-20-6-11(21(23)24)19-12(20)15)8-25-9-2-4-10(5-3-9)26-14(16,17)18/h2-6,22H,7-8H2,1H3/t13-/m1/s1. The third-order valence-corrected chi connectivity index (χ3v) is 3.32. The minimum Gasteiger partial charge on any atom is -0.491 e. The molecule has 1 heterocycles. The molecule has 0 fully saturated rings. The Kier molecular flexibility index (Phi) is 5.62. The van der Waals surface area contributed by atoms with Crippen molar-refractivity contribution in [3.8, 4) is 11.5 Å². The molecule has 0 aliphatic rings. The fourth-order valence-corrected chi connectivity index (χ4v) is 2.16. The lowest BCUT2D eigenvalue weighted by Crippen LogP contribution is -2.37. The van der Waals surface area contributed by atoms with E-state index in [1.165, 1.54) is 23.6 Å². The SMILES string of the molecule is C[C@](O)(COc1ccc(OC(F)(F)F)cc1)Cn1cc([N+](=O)[O-])nc1Cl. The first-order valence-corrected chi connectivity index (χ1v) is 7.41. The predicted molar refractivity (Wildman–Crippen MR) is 83.1 cm³/mol. The van der Waals surface area contributed by atoms with Crippen LogP contribution in [-0.4, -0.2) is 38.2 Å². The highest BCUT2D eigenvalue weighted by Gasteiger charge is 2.31. The Hall–Kier alpha value is -2.53. The first-order chi connectivity index (χ1) is 12.0. The lowest BCUT2D eigenvalue weighted by atomic mass is 10.1. The van der Waals surface area contributed by atoms with Crippen molar-refractivity contribution in [3.63, 3.8) is 0 Å². The topological polar surface area (TPSA) is 99.6 Å². The largest absolute Gasteiger partial charge is 0.573 e. The number of hydrogen-bond acceptors (Lipinski definition) is 6. The molecule has 0 unspecified atom stereocenters. The van der Waals surface area contributed by atoms with Gasteiger partial charge in [0.15, 0.2) is 0 Å². The maximum absolute atomic E-state index is 12.1. The van der Waals surface area contributed by atoms with Crippen LogP contribution in [0.25, 0.3) is 0 Å². The van der Waals surface area contributed by atoms with Crippen molar-refractivity contribution in [2.45, 2.75) is 25.4 Å². The van der Waals surface area contributed by atoms with Gasteiger partial charge in [-0.3, -0.25) is 4.57 Å². The minimum absolute atomic E-state index is 0.151. The second-order valence-electron chi connectivity index (χ2n) is 5.56. The van der Waals surface area contributed by atoms with Crippen molar-refractivity contribution in [1.29, 1.82) is 0 Å². The fourth-order valence-electron chi connectivity index (χ4n) is 1.97. The molecule has 142 valence electrons. The van der Waals surface area contributed by atoms with Gasteiger partial charge in [-0.25, -0.2) is 0 Å². The zero-order valence-electron chi connectivity index (χ0n) is 13.2. The Morgan fingerprint density at radius 2 is 1.88 bits per heavy atom. The van der Waals surface area contributed by atoms with Crippen molar-refractivity contribution in [1.82, 2.24) is 9.55 Å². The second kappa shape index (κ2) is 7.38. The van der Waals surface area contributed by atoms with E-state index in [-0.39, 0.29) is 24.2 Å². The number of halogens is 4. The Morgan fingerprint density at radius 1 is 1.31 bits per heavy atom. The van der Waals surface area contributed by atoms with Gasteiger partial charge in [0.05, 0.1) is 6.54 Å². The molecule has 1 N–H and O–H groups in total. The number of nitrogens with zero attached hydrogens (tertiary/aromatic N) is 3. The van der Waals surface area contributed by atoms with Crippen LogP contribution in [0.4, 0.5) is 19.0 Å². The average Bonchev–Trinajstić information content (AvgIpc) is 2.86. The number of nitro groups is 1. The monoisotopic (exact) mass is 395 g/mol. The number of aliphatic hydroxyl groups is 1. The van der Waals surface area contributed by atoms with Gasteiger partial charge in [0.25, 0.3) is 0 Å². The summed E-state index contributed by atoms with van der Waals surface area (Å²) in [5.41, 5.74) is -1.49. The Labute approximate surface area is 149 Å². The summed E-state index contributed by atoms with van der Waals surface area (Å²) in [5.74, 6) is -0.677. The van der Waals surface area contributed by atoms with Gasteiger partial charge in [-0.1, -0.05) is 0 Å². The van der Waals surface area contributed by atoms with Crippen LogP contribution in [0.5, 0.6) is 11.5 Å². The van der Waals surface area contributed by atoms with Crippen molar-refractivity contribution in [2.75, 3.05) is 6.61 Å². The molecule has 2 rings (SSSR count). The lowest BCUT2D eigenvalue weighted by Gasteiger charge is -2.23. The van der Waals surface area contributed by atoms with Gasteiger partial charge >= 0.3 is 17.5 Å². The highest BCUT2D eigenvalue weighted by atomic mass is 35.5. The highest BCUT2D eigenvalue weighted by molar-refractivity contribution is 6.28. The molecule has 1 aromatic heterocycles. The number of aromatic nitrogens is 2. The number of hydrogen-bond donors (Lipinski definition) is 1. The number of ether oxygens (including phenoxy) is 2. The molecule has 8 nitrogen and oxygen atoms in total. The molecule has 1 atom stereocenters. The van der Waals surface area contributed by atoms with E-state index in [0.717, 1.165) is 18.3 Å². The summed E-state index contributed by atoms with van der Waals surface area (Å²) in [6, 6.07) is 4.61. The summed E-state index contributed by atoms with van der Waals surface area (Å²) in [5, 5.41) is 20.8. The van der Waals surface area contributed by atoms with Crippen molar-refractivity contribution >= 4 is 17.4 Å². The van der Waals surface area contributed by atoms with E-state index < -0.39 is 28.5 Å². The van der Waals surface area contributed by atoms with Crippen LogP contribution in [0.3, 0.4) is 0 Å². The normalized spacial score (nSPS) is 13.9. The lowest BCUT2D eigenvalue weighted by molar-refractivity contribution is -0.389. The van der Waals surface area contributed by atoms with Crippen LogP contribution >= 0.6 is 11.6 Å². The smallest absolute Gasteiger partial charge is 0.491 e. The van der Waals surface area contributed by atoms with Crippen LogP contribution in [0, 0.1) is 10.1 Å². The Morgan fingerprint density at radius 3 is 2.38 bits per heavy atom. The molecule has 0 bridgehead atoms. The molecule has 26 heavy (non-hydrogen) atoms. The maximum atomic E-state index is 12.1. The van der Waals surface area contributed by atoms with E-state index in [0.29, 0.717) is 0 Å². The average molecular weight is 396 g/mol. The van der Waals surface area contributed by atoms with Gasteiger partial charge in [0.2, 0.25) is 0 Å². The van der Waals surface area contributed by atoms with Crippen LogP contribution < -0.4 is 9.47 Å². The molecule has 12 heteroatoms. The summed E-state index contributed by atoms with van der Waals surface area (Å²) in [6.07, 6.45) is -3.72. The summed E-state index contributed by atoms with van der Waals surface area (Å²) >= 11 is 5.77. The number of alkyl halides is 3. The molecule has 0 aliphatic heterocycles. The van der Waals surface area contributed by atoms with Gasteiger partial charge in [-0.15, -0.1) is 13.2 Å². The molecular weight excluding hydrogens is 383 g/mol. The molecule has 0 saturated heterocycles. The molecular formula is C14H13ClF3N3O5. The summed E-state index contributed by atoms with van der Waals surface area (Å²) < 4.78 is 46.5. The molecule has 0 saturated carbocycles. The predicted octanol–water partition coefficient (Wildman–Crippen LogP) is 3.17. The second-order valence-corrected chi connectivity index (χ2v) is 5.90. The van der Waals surface area contributed by atoms with Crippen molar-refractivity contribution in [2.24, 2.45) is 0 Å². The van der Waals surface area contributed by atoms with Gasteiger partial charge < -0.3 is 24.7 Å². The third kappa shape index (κ3) is 5.77. The quantitative estimate of drug-likeness (QED) is 0.571. The summed E-state index contributed by atoms with van der Waals surface area (Å²) in [6.45, 7) is 0.993. The van der Waals surface area contributed by atoms with E-state index in [9.17, 15) is 28.4 Å². The summed E-state index contributed by atoms with van der Waals surface area (Å²) in [7, 11) is 0. The summed E-state index contributed by atoms with van der Waals surface area (Å²) in [4.78, 5) is 13.5. The molecule has 2 aromatic rings. The van der Waals surface area contributed by atoms with E-state index in [2.05, 4.69) is 9.72 Å². The number of benzene rings is 1. The maximum Gasteiger partial charge on any atom is 0.573 e. The van der Waals surface area contributed by atoms with Crippen LogP contribution in [0.15, 0.2) is 30.5 Å². The zero-order chi connectivity index (χ0) is 19.5. The third-order valence-electron chi connectivity index (χ3n) is 3.02. The van der Waals surface area contributed by atoms with Gasteiger partial charge in [0.1, 0.15) is 29.9 Å². The van der Waals surface area contributed by atoms with E-state index in [1.54, 1.807) is 0 Å². The number of rotatable bonds is 7. The fraction of sp³-hybridized carbons (Fsp3) is 0.357. The molecule has 0 aliphatic carbocycles. The van der Waals surface area contributed by atoms with Crippen molar-refractivity contribution < 1.29 is 32.7 Å². The van der Waals surface area contributed by atoms with E-state index in [1.807, 2.05) is 0 Å². The minimum atomic E-state index is -4.79. The van der Waals surface area contributed by atoms with Gasteiger partial charge in [-0.2, -0.15) is 0 Å². The van der Waals surface area contributed by atoms with Gasteiger partial charge in [0, 0.05) is 0 Å². The van der Waals surface area contributed by atoms with Crippen LogP contribution in [-0.2, 0) is 6.54 Å². The first-order valence-electron chi connectivity index (χ1n) is 7.03. The highest BCUT2D eigenvalue weighted by Crippen LogP contribution is 2.25. The first kappa shape index (κ1) is 19.8. The zero-order valence-corrected chi connectivity index (χ0v) is 14.0. The Balaban J connectivity index is 1.96. The van der Waals surface area contributed by atoms with E-state index in [4.69, 9.17) is 16.3 Å². The van der Waals surface area contributed by atoms with E-state index >= 15 is 0 Å². The van der Waals surface area contributed by atoms with Crippen LogP contribution in [0.1, 0.15) is 6.92 Å². The van der Waals surface area contributed by atoms with Crippen LogP contribution in [0.2, 0.25) is 5.28 Å². The molecule has 0 amide bonds. The van der Waals surface area contributed by atoms with Gasteiger partial charge in [-0.05, 0) is 52.7 Å².